The standard InChI is InChI=1S/C62H55N5O12.Zn/c68-44-12-6-40(7-13-44)58-49-20-18-47(64-49)57(39-2-4-43(5-3-39)61(73)78-35-33-76-31-29-75-30-32-77-34-36-79-62(74)63-28-27-38-1-26-55(71)56(72)37-38)48-19-21-50(65-48)59(41-8-14-45(69)15-9-41)52-23-25-54(67-52)60(53-24-22-51(58)66-53)42-10-16-46(70)17-11-42;/h1-26,37,64,67-72H,27-36H2,(H,63,74);/p+1. The maximum atomic E-state index is 13.3. The summed E-state index contributed by atoms with van der Waals surface area (Å²) in [5.41, 5.74) is 12.2. The van der Waals surface area contributed by atoms with Gasteiger partial charge in [0.15, 0.2) is 11.5 Å². The maximum absolute atomic E-state index is 13.3. The van der Waals surface area contributed by atoms with Crippen molar-refractivity contribution in [3.8, 4) is 28.7 Å². The number of nitrogens with zero attached hydrogens (tertiary/aromatic N) is 2. The molecule has 0 saturated heterocycles. The number of aromatic amines is 1. The van der Waals surface area contributed by atoms with E-state index in [2.05, 4.69) is 21.7 Å². The fourth-order valence-corrected chi connectivity index (χ4v) is 9.28. The first-order valence-corrected chi connectivity index (χ1v) is 25.6. The fourth-order valence-electron chi connectivity index (χ4n) is 9.28. The van der Waals surface area contributed by atoms with E-state index in [4.69, 9.17) is 33.7 Å². The van der Waals surface area contributed by atoms with Crippen LogP contribution in [0.3, 0.4) is 0 Å². The number of phenols is 5. The number of carbonyl (C=O) groups is 2. The molecule has 0 atom stereocenters. The molecule has 5 heterocycles. The van der Waals surface area contributed by atoms with Crippen molar-refractivity contribution in [2.24, 2.45) is 9.98 Å². The van der Waals surface area contributed by atoms with Crippen LogP contribution in [0.25, 0.3) is 22.3 Å². The first-order valence-electron chi connectivity index (χ1n) is 25.6. The second-order valence-electron chi connectivity index (χ2n) is 18.4. The smallest absolute Gasteiger partial charge is 0.407 e. The number of rotatable bonds is 20. The van der Waals surface area contributed by atoms with E-state index in [0.29, 0.717) is 54.6 Å². The number of benzene rings is 5. The van der Waals surface area contributed by atoms with E-state index in [1.54, 1.807) is 54.6 Å². The van der Waals surface area contributed by atoms with E-state index >= 15 is 0 Å². The summed E-state index contributed by atoms with van der Waals surface area (Å²) in [4.78, 5) is 39.5. The molecule has 0 fully saturated rings. The topological polar surface area (TPSA) is 251 Å². The maximum Gasteiger partial charge on any atom is 0.407 e. The van der Waals surface area contributed by atoms with Gasteiger partial charge in [-0.3, -0.25) is 5.32 Å². The van der Waals surface area contributed by atoms with Crippen LogP contribution in [0.1, 0.15) is 38.2 Å². The quantitative estimate of drug-likeness (QED) is 0.0181. The zero-order valence-corrected chi connectivity index (χ0v) is 46.4. The number of aromatic nitrogens is 1. The summed E-state index contributed by atoms with van der Waals surface area (Å²) in [6.45, 7) is 1.90. The Balaban J connectivity index is 0.00000774. The Morgan fingerprint density at radius 2 is 0.925 bits per heavy atom. The molecule has 0 saturated carbocycles. The molecule has 80 heavy (non-hydrogen) atoms. The largest absolute Gasteiger partial charge is 0.508 e. The summed E-state index contributed by atoms with van der Waals surface area (Å²) < 4.78 is 27.3. The molecular formula is C62H56N5O12Zn+. The van der Waals surface area contributed by atoms with E-state index in [-0.39, 0.29) is 87.9 Å². The number of phenolic OH excluding ortho intramolecular Hbond substituents is 5. The van der Waals surface area contributed by atoms with Crippen molar-refractivity contribution in [3.05, 3.63) is 231 Å². The summed E-state index contributed by atoms with van der Waals surface area (Å²) in [6.07, 6.45) is 11.9. The number of allylic oxidation sites excluding steroid dienone is 8. The van der Waals surface area contributed by atoms with E-state index < -0.39 is 12.1 Å². The molecule has 17 nitrogen and oxygen atoms in total. The minimum absolute atomic E-state index is 0. The van der Waals surface area contributed by atoms with Gasteiger partial charge in [-0.2, -0.15) is 0 Å². The molecule has 0 spiro atoms. The Kier molecular flexibility index (Phi) is 18.3. The number of aromatic hydroxyl groups is 5. The van der Waals surface area contributed by atoms with Gasteiger partial charge in [0, 0.05) is 60.0 Å². The van der Waals surface area contributed by atoms with Gasteiger partial charge in [-0.05, 0) is 131 Å². The van der Waals surface area contributed by atoms with Crippen molar-refractivity contribution in [1.82, 2.24) is 10.3 Å². The number of nitrogens with one attached hydrogen (secondary N) is 2. The zero-order chi connectivity index (χ0) is 54.7. The number of nitrogens with two attached hydrogens (primary N) is 1. The van der Waals surface area contributed by atoms with Crippen LogP contribution in [-0.4, -0.2) is 113 Å². The Bertz CT molecular complexity index is 3670. The SMILES string of the molecule is O=C(NCCc1ccc(O)c(O)c1)OCCOCCOCCOCCOC(=O)c1ccc(C2=c3ccc([nH]3)=C(c3ccc(O)cc3)C3=NC(=C(c4ccc(O)cc4)C4=CC=C([NH2+]4)C(c4ccc(O)cc4)=C4C=CC2=N4)C=C3)cc1.[Zn]. The number of hydrogen-bond acceptors (Lipinski definition) is 14. The number of alkyl carbamates (subject to hydrolysis) is 1. The summed E-state index contributed by atoms with van der Waals surface area (Å²) in [5, 5.41) is 56.2. The number of carbonyl (C=O) groups excluding carboxylic acids is 2. The molecule has 8 bridgehead atoms. The minimum atomic E-state index is -0.591. The molecule has 4 aliphatic heterocycles. The number of H-pyrrole nitrogens is 1. The predicted octanol–water partition coefficient (Wildman–Crippen LogP) is 6.32. The van der Waals surface area contributed by atoms with Crippen LogP contribution < -0.4 is 21.3 Å². The summed E-state index contributed by atoms with van der Waals surface area (Å²) in [6, 6.07) is 36.7. The molecule has 5 aromatic carbocycles. The third-order valence-corrected chi connectivity index (χ3v) is 13.1. The first kappa shape index (κ1) is 55.8. The van der Waals surface area contributed by atoms with Gasteiger partial charge >= 0.3 is 12.1 Å². The molecule has 4 aliphatic rings. The molecule has 0 aliphatic carbocycles. The van der Waals surface area contributed by atoms with Gasteiger partial charge in [0.1, 0.15) is 41.9 Å². The number of amides is 1. The van der Waals surface area contributed by atoms with Crippen LogP contribution in [0, 0.1) is 0 Å². The number of aliphatic imine (C=N–C) groups is 2. The Hall–Kier alpha value is -8.90. The molecular weight excluding hydrogens is 1070 g/mol. The Labute approximate surface area is 472 Å². The monoisotopic (exact) mass is 1130 g/mol. The van der Waals surface area contributed by atoms with Crippen molar-refractivity contribution in [1.29, 1.82) is 0 Å². The molecule has 10 rings (SSSR count). The number of ether oxygens (including phenoxy) is 5. The van der Waals surface area contributed by atoms with Crippen LogP contribution in [0.15, 0.2) is 197 Å². The fraction of sp³-hybridized carbons (Fsp3) is 0.161. The van der Waals surface area contributed by atoms with E-state index in [1.165, 1.54) is 12.1 Å². The molecule has 18 heteroatoms. The summed E-state index contributed by atoms with van der Waals surface area (Å²) in [7, 11) is 0. The molecule has 1 aromatic heterocycles. The van der Waals surface area contributed by atoms with Crippen LogP contribution in [-0.2, 0) is 49.6 Å². The number of fused-ring (bicyclic) bond motifs is 6. The third kappa shape index (κ3) is 13.5. The Morgan fingerprint density at radius 3 is 1.40 bits per heavy atom. The van der Waals surface area contributed by atoms with Crippen molar-refractivity contribution in [2.45, 2.75) is 6.42 Å². The number of esters is 1. The molecule has 0 radical (unpaired) electrons. The van der Waals surface area contributed by atoms with Gasteiger partial charge in [-0.25, -0.2) is 19.6 Å². The average molecular weight is 1130 g/mol. The average Bonchev–Trinajstić information content (AvgIpc) is 4.41. The van der Waals surface area contributed by atoms with Gasteiger partial charge in [0.05, 0.1) is 79.2 Å². The second-order valence-corrected chi connectivity index (χ2v) is 18.4. The Morgan fingerprint density at radius 1 is 0.487 bits per heavy atom. The second kappa shape index (κ2) is 26.2. The molecule has 6 aromatic rings. The van der Waals surface area contributed by atoms with Crippen LogP contribution in [0.5, 0.6) is 28.7 Å². The van der Waals surface area contributed by atoms with Gasteiger partial charge in [-0.1, -0.05) is 54.6 Å². The van der Waals surface area contributed by atoms with E-state index in [1.807, 2.05) is 91.0 Å². The zero-order valence-electron chi connectivity index (χ0n) is 43.4. The van der Waals surface area contributed by atoms with Gasteiger partial charge in [0.2, 0.25) is 0 Å². The van der Waals surface area contributed by atoms with E-state index in [0.717, 1.165) is 72.2 Å². The molecule has 1 amide bonds. The van der Waals surface area contributed by atoms with Crippen molar-refractivity contribution < 1.29 is 83.6 Å². The van der Waals surface area contributed by atoms with Gasteiger partial charge in [-0.15, -0.1) is 0 Å². The predicted molar refractivity (Wildman–Crippen MR) is 296 cm³/mol. The van der Waals surface area contributed by atoms with Crippen LogP contribution in [0.2, 0.25) is 0 Å². The third-order valence-electron chi connectivity index (χ3n) is 13.1. The van der Waals surface area contributed by atoms with Crippen molar-refractivity contribution in [2.75, 3.05) is 59.4 Å². The van der Waals surface area contributed by atoms with Gasteiger partial charge < -0.3 is 59.5 Å². The first-order chi connectivity index (χ1) is 38.5. The molecule has 402 valence electrons. The number of hydrogen-bond donors (Lipinski definition) is 8. The van der Waals surface area contributed by atoms with Crippen LogP contribution in [0.4, 0.5) is 4.79 Å². The number of quaternary nitrogens is 1. The van der Waals surface area contributed by atoms with Crippen molar-refractivity contribution >= 4 is 45.8 Å². The minimum Gasteiger partial charge on any atom is -0.508 e. The van der Waals surface area contributed by atoms with Gasteiger partial charge in [0.25, 0.3) is 0 Å². The molecule has 9 N–H and O–H groups in total. The van der Waals surface area contributed by atoms with E-state index in [9.17, 15) is 35.1 Å². The van der Waals surface area contributed by atoms with Crippen LogP contribution >= 0.6 is 0 Å². The van der Waals surface area contributed by atoms with Crippen molar-refractivity contribution in [3.63, 3.8) is 0 Å². The normalized spacial score (nSPS) is 14.4. The summed E-state index contributed by atoms with van der Waals surface area (Å²) >= 11 is 0. The summed E-state index contributed by atoms with van der Waals surface area (Å²) in [5.74, 6) is -0.523. The molecule has 0 unspecified atom stereocenters.